The van der Waals surface area contributed by atoms with Gasteiger partial charge in [0.2, 0.25) is 15.9 Å². The molecule has 1 fully saturated rings. The van der Waals surface area contributed by atoms with Crippen LogP contribution in [0.1, 0.15) is 26.7 Å². The third-order valence-corrected chi connectivity index (χ3v) is 3.85. The third kappa shape index (κ3) is 7.78. The van der Waals surface area contributed by atoms with Crippen LogP contribution in [-0.2, 0) is 19.6 Å². The van der Waals surface area contributed by atoms with Crippen LogP contribution in [0, 0.1) is 0 Å². The maximum Gasteiger partial charge on any atom is 0.246 e. The second-order valence-corrected chi connectivity index (χ2v) is 7.54. The molecule has 0 spiro atoms. The first kappa shape index (κ1) is 17.4. The number of piperidine rings is 1. The van der Waals surface area contributed by atoms with Crippen LogP contribution in [-0.4, -0.2) is 58.5 Å². The molecule has 1 heterocycles. The number of ether oxygens (including phenoxy) is 1. The zero-order chi connectivity index (χ0) is 15.2. The fraction of sp³-hybridized carbons (Fsp3) is 0.917. The number of amides is 1. The molecular weight excluding hydrogens is 282 g/mol. The van der Waals surface area contributed by atoms with Crippen molar-refractivity contribution in [1.29, 1.82) is 0 Å². The molecule has 118 valence electrons. The normalized spacial score (nSPS) is 17.9. The van der Waals surface area contributed by atoms with Gasteiger partial charge in [-0.25, -0.2) is 13.1 Å². The molecule has 0 aromatic carbocycles. The van der Waals surface area contributed by atoms with Gasteiger partial charge in [0.25, 0.3) is 0 Å². The Morgan fingerprint density at radius 3 is 2.50 bits per heavy atom. The van der Waals surface area contributed by atoms with Crippen molar-refractivity contribution in [3.63, 3.8) is 0 Å². The van der Waals surface area contributed by atoms with Crippen LogP contribution in [0.2, 0.25) is 0 Å². The van der Waals surface area contributed by atoms with E-state index < -0.39 is 15.6 Å². The lowest BCUT2D eigenvalue weighted by molar-refractivity contribution is -0.128. The molecule has 1 saturated heterocycles. The highest BCUT2D eigenvalue weighted by Gasteiger charge is 2.23. The van der Waals surface area contributed by atoms with Crippen LogP contribution in [0.15, 0.2) is 0 Å². The molecular formula is C12H25N3O4S. The Hall–Kier alpha value is -0.700. The smallest absolute Gasteiger partial charge is 0.246 e. The van der Waals surface area contributed by atoms with Gasteiger partial charge in [-0.15, -0.1) is 0 Å². The van der Waals surface area contributed by atoms with Crippen LogP contribution in [0.25, 0.3) is 0 Å². The van der Waals surface area contributed by atoms with Crippen LogP contribution < -0.4 is 15.4 Å². The zero-order valence-electron chi connectivity index (χ0n) is 12.4. The Morgan fingerprint density at radius 2 is 1.95 bits per heavy atom. The second-order valence-electron chi connectivity index (χ2n) is 5.80. The molecule has 0 aliphatic carbocycles. The van der Waals surface area contributed by atoms with Crippen molar-refractivity contribution in [3.8, 4) is 0 Å². The Bertz CT molecular complexity index is 416. The summed E-state index contributed by atoms with van der Waals surface area (Å²) < 4.78 is 30.3. The van der Waals surface area contributed by atoms with Gasteiger partial charge in [-0.05, 0) is 39.8 Å². The molecule has 0 atom stereocenters. The maximum atomic E-state index is 11.7. The first-order chi connectivity index (χ1) is 9.18. The molecule has 1 rings (SSSR count). The van der Waals surface area contributed by atoms with Gasteiger partial charge in [0.1, 0.15) is 6.61 Å². The molecule has 1 aliphatic heterocycles. The summed E-state index contributed by atoms with van der Waals surface area (Å²) in [6, 6.07) is 0. The van der Waals surface area contributed by atoms with Crippen molar-refractivity contribution in [2.24, 2.45) is 0 Å². The summed E-state index contributed by atoms with van der Waals surface area (Å²) in [5, 5.41) is 5.90. The van der Waals surface area contributed by atoms with Crippen molar-refractivity contribution >= 4 is 15.9 Å². The van der Waals surface area contributed by atoms with Gasteiger partial charge in [0, 0.05) is 12.1 Å². The molecule has 0 saturated carbocycles. The van der Waals surface area contributed by atoms with E-state index in [4.69, 9.17) is 4.74 Å². The molecule has 0 radical (unpaired) electrons. The maximum absolute atomic E-state index is 11.7. The van der Waals surface area contributed by atoms with E-state index in [1.165, 1.54) is 0 Å². The molecule has 8 heteroatoms. The van der Waals surface area contributed by atoms with E-state index in [0.29, 0.717) is 0 Å². The van der Waals surface area contributed by atoms with Crippen LogP contribution >= 0.6 is 0 Å². The quantitative estimate of drug-likeness (QED) is 0.572. The predicted octanol–water partition coefficient (Wildman–Crippen LogP) is -0.801. The summed E-state index contributed by atoms with van der Waals surface area (Å²) in [7, 11) is -3.30. The van der Waals surface area contributed by atoms with Crippen LogP contribution in [0.4, 0.5) is 0 Å². The fourth-order valence-corrected chi connectivity index (χ4v) is 3.14. The summed E-state index contributed by atoms with van der Waals surface area (Å²) in [5.41, 5.74) is -0.724. The van der Waals surface area contributed by atoms with Crippen LogP contribution in [0.5, 0.6) is 0 Å². The molecule has 1 aliphatic rings. The van der Waals surface area contributed by atoms with Crippen LogP contribution in [0.3, 0.4) is 0 Å². The first-order valence-electron chi connectivity index (χ1n) is 6.76. The van der Waals surface area contributed by atoms with E-state index in [-0.39, 0.29) is 25.2 Å². The highest BCUT2D eigenvalue weighted by molar-refractivity contribution is 7.88. The number of sulfonamides is 1. The number of rotatable bonds is 7. The summed E-state index contributed by atoms with van der Waals surface area (Å²) in [6.07, 6.45) is 3.05. The number of hydrogen-bond acceptors (Lipinski definition) is 5. The average molecular weight is 307 g/mol. The Labute approximate surface area is 120 Å². The molecule has 0 bridgehead atoms. The van der Waals surface area contributed by atoms with Gasteiger partial charge in [-0.1, -0.05) is 0 Å². The van der Waals surface area contributed by atoms with Crippen molar-refractivity contribution in [3.05, 3.63) is 0 Å². The number of hydrogen-bond donors (Lipinski definition) is 3. The average Bonchev–Trinajstić information content (AvgIpc) is 2.32. The minimum absolute atomic E-state index is 0.0135. The molecule has 0 aromatic heterocycles. The largest absolute Gasteiger partial charge is 0.368 e. The molecule has 0 unspecified atom stereocenters. The predicted molar refractivity (Wildman–Crippen MR) is 76.9 cm³/mol. The molecule has 0 aromatic rings. The van der Waals surface area contributed by atoms with Gasteiger partial charge >= 0.3 is 0 Å². The van der Waals surface area contributed by atoms with E-state index in [9.17, 15) is 13.2 Å². The first-order valence-corrected chi connectivity index (χ1v) is 8.65. The lowest BCUT2D eigenvalue weighted by atomic mass is 10.1. The monoisotopic (exact) mass is 307 g/mol. The molecule has 3 N–H and O–H groups in total. The van der Waals surface area contributed by atoms with Gasteiger partial charge in [0.05, 0.1) is 12.4 Å². The minimum atomic E-state index is -3.30. The SMILES string of the molecule is CC(C)(CNC(=O)COC1CCNCC1)NS(C)(=O)=O. The van der Waals surface area contributed by atoms with E-state index in [1.54, 1.807) is 13.8 Å². The van der Waals surface area contributed by atoms with E-state index in [2.05, 4.69) is 15.4 Å². The third-order valence-electron chi connectivity index (χ3n) is 2.93. The highest BCUT2D eigenvalue weighted by atomic mass is 32.2. The number of carbonyl (C=O) groups is 1. The van der Waals surface area contributed by atoms with Gasteiger partial charge in [-0.2, -0.15) is 0 Å². The minimum Gasteiger partial charge on any atom is -0.368 e. The van der Waals surface area contributed by atoms with E-state index in [0.717, 1.165) is 32.2 Å². The summed E-state index contributed by atoms with van der Waals surface area (Å²) in [6.45, 7) is 5.48. The van der Waals surface area contributed by atoms with E-state index in [1.807, 2.05) is 0 Å². The van der Waals surface area contributed by atoms with Crippen molar-refractivity contribution in [2.45, 2.75) is 38.3 Å². The Morgan fingerprint density at radius 1 is 1.35 bits per heavy atom. The van der Waals surface area contributed by atoms with E-state index >= 15 is 0 Å². The lowest BCUT2D eigenvalue weighted by Gasteiger charge is -2.26. The summed E-state index contributed by atoms with van der Waals surface area (Å²) >= 11 is 0. The Kier molecular flexibility index (Phi) is 6.38. The molecule has 20 heavy (non-hydrogen) atoms. The second kappa shape index (κ2) is 7.35. The molecule has 7 nitrogen and oxygen atoms in total. The van der Waals surface area contributed by atoms with Gasteiger partial charge in [-0.3, -0.25) is 4.79 Å². The number of nitrogens with one attached hydrogen (secondary N) is 3. The Balaban J connectivity index is 2.24. The van der Waals surface area contributed by atoms with Gasteiger partial charge in [0.15, 0.2) is 0 Å². The molecule has 1 amide bonds. The van der Waals surface area contributed by atoms with Gasteiger partial charge < -0.3 is 15.4 Å². The number of carbonyl (C=O) groups excluding carboxylic acids is 1. The fourth-order valence-electron chi connectivity index (χ4n) is 2.06. The summed E-state index contributed by atoms with van der Waals surface area (Å²) in [4.78, 5) is 11.7. The van der Waals surface area contributed by atoms with Crippen molar-refractivity contribution in [1.82, 2.24) is 15.4 Å². The summed E-state index contributed by atoms with van der Waals surface area (Å²) in [5.74, 6) is -0.230. The zero-order valence-corrected chi connectivity index (χ0v) is 13.2. The highest BCUT2D eigenvalue weighted by Crippen LogP contribution is 2.07. The lowest BCUT2D eigenvalue weighted by Crippen LogP contribution is -2.51. The standard InChI is InChI=1S/C12H25N3O4S/c1-12(2,15-20(3,17)18)9-14-11(16)8-19-10-4-6-13-7-5-10/h10,13,15H,4-9H2,1-3H3,(H,14,16). The van der Waals surface area contributed by atoms with Crippen molar-refractivity contribution in [2.75, 3.05) is 32.5 Å². The van der Waals surface area contributed by atoms with Crippen molar-refractivity contribution < 1.29 is 17.9 Å². The topological polar surface area (TPSA) is 96.5 Å².